The molecule has 24 heavy (non-hydrogen) atoms. The Hall–Kier alpha value is -1.71. The largest absolute Gasteiger partial charge is 0.493 e. The molecular weight excluding hydrogens is 425 g/mol. The molecule has 7 nitrogen and oxygen atoms in total. The predicted octanol–water partition coefficient (Wildman–Crippen LogP) is 2.51. The van der Waals surface area contributed by atoms with Gasteiger partial charge in [-0.3, -0.25) is 9.79 Å². The van der Waals surface area contributed by atoms with Gasteiger partial charge in [0, 0.05) is 25.3 Å². The topological polar surface area (TPSA) is 81.2 Å². The van der Waals surface area contributed by atoms with Gasteiger partial charge in [0.15, 0.2) is 17.5 Å². The molecule has 1 aromatic carbocycles. The summed E-state index contributed by atoms with van der Waals surface area (Å²) in [5.74, 6) is 1.33. The first-order valence-electron chi connectivity index (χ1n) is 7.42. The van der Waals surface area contributed by atoms with Gasteiger partial charge in [0.2, 0.25) is 0 Å². The maximum atomic E-state index is 11.4. The molecular formula is C16H26IN3O4. The lowest BCUT2D eigenvalue weighted by Gasteiger charge is -2.16. The number of halogens is 1. The fourth-order valence-corrected chi connectivity index (χ4v) is 1.87. The van der Waals surface area contributed by atoms with Crippen LogP contribution in [0.2, 0.25) is 0 Å². The number of esters is 1. The number of carbonyl (C=O) groups excluding carboxylic acids is 1. The van der Waals surface area contributed by atoms with Crippen LogP contribution in [0, 0.1) is 5.92 Å². The fourth-order valence-electron chi connectivity index (χ4n) is 1.87. The number of nitrogens with one attached hydrogen (secondary N) is 2. The SMILES string of the molecule is CCOc1cc(NC(=NC)NCC(C)C(=O)OC)ccc1OC.I. The summed E-state index contributed by atoms with van der Waals surface area (Å²) in [6.07, 6.45) is 0. The van der Waals surface area contributed by atoms with Gasteiger partial charge in [-0.05, 0) is 19.1 Å². The van der Waals surface area contributed by atoms with Crippen molar-refractivity contribution in [2.75, 3.05) is 39.7 Å². The highest BCUT2D eigenvalue weighted by Gasteiger charge is 2.13. The van der Waals surface area contributed by atoms with Crippen molar-refractivity contribution in [3.63, 3.8) is 0 Å². The summed E-state index contributed by atoms with van der Waals surface area (Å²) in [4.78, 5) is 15.5. The van der Waals surface area contributed by atoms with Crippen molar-refractivity contribution in [2.45, 2.75) is 13.8 Å². The lowest BCUT2D eigenvalue weighted by atomic mass is 10.2. The molecule has 1 unspecified atom stereocenters. The molecule has 1 atom stereocenters. The van der Waals surface area contributed by atoms with E-state index in [0.717, 1.165) is 5.69 Å². The normalized spacial score (nSPS) is 11.8. The van der Waals surface area contributed by atoms with Crippen LogP contribution in [0.3, 0.4) is 0 Å². The standard InChI is InChI=1S/C16H25N3O4.HI/c1-6-23-14-9-12(7-8-13(14)21-4)19-16(17-3)18-10-11(2)15(20)22-5;/h7-9,11H,6,10H2,1-5H3,(H2,17,18,19);1H. The van der Waals surface area contributed by atoms with Gasteiger partial charge in [-0.25, -0.2) is 0 Å². The summed E-state index contributed by atoms with van der Waals surface area (Å²) in [5.41, 5.74) is 0.799. The number of guanidine groups is 1. The Kier molecular flexibility index (Phi) is 10.9. The van der Waals surface area contributed by atoms with E-state index in [0.29, 0.717) is 30.6 Å². The average Bonchev–Trinajstić information content (AvgIpc) is 2.58. The Morgan fingerprint density at radius 2 is 2.00 bits per heavy atom. The molecule has 0 bridgehead atoms. The van der Waals surface area contributed by atoms with Crippen LogP contribution < -0.4 is 20.1 Å². The monoisotopic (exact) mass is 451 g/mol. The second-order valence-electron chi connectivity index (χ2n) is 4.80. The van der Waals surface area contributed by atoms with Crippen LogP contribution in [0.4, 0.5) is 5.69 Å². The van der Waals surface area contributed by atoms with E-state index in [9.17, 15) is 4.79 Å². The highest BCUT2D eigenvalue weighted by Crippen LogP contribution is 2.30. The summed E-state index contributed by atoms with van der Waals surface area (Å²) < 4.78 is 15.5. The third kappa shape index (κ3) is 6.81. The van der Waals surface area contributed by atoms with Gasteiger partial charge in [0.05, 0.1) is 26.7 Å². The number of rotatable bonds is 7. The molecule has 0 heterocycles. The zero-order chi connectivity index (χ0) is 17.2. The highest BCUT2D eigenvalue weighted by molar-refractivity contribution is 14.0. The second kappa shape index (κ2) is 11.8. The Balaban J connectivity index is 0.00000529. The predicted molar refractivity (Wildman–Crippen MR) is 106 cm³/mol. The summed E-state index contributed by atoms with van der Waals surface area (Å²) in [7, 11) is 4.63. The lowest BCUT2D eigenvalue weighted by Crippen LogP contribution is -2.36. The van der Waals surface area contributed by atoms with Crippen molar-refractivity contribution >= 4 is 41.6 Å². The molecule has 0 aromatic heterocycles. The molecule has 0 spiro atoms. The molecule has 0 amide bonds. The molecule has 0 aliphatic carbocycles. The molecule has 136 valence electrons. The Morgan fingerprint density at radius 3 is 2.54 bits per heavy atom. The summed E-state index contributed by atoms with van der Waals surface area (Å²) in [5, 5.41) is 6.22. The molecule has 2 N–H and O–H groups in total. The van der Waals surface area contributed by atoms with E-state index in [1.165, 1.54) is 7.11 Å². The van der Waals surface area contributed by atoms with Gasteiger partial charge in [0.1, 0.15) is 0 Å². The van der Waals surface area contributed by atoms with Crippen molar-refractivity contribution in [2.24, 2.45) is 10.9 Å². The zero-order valence-electron chi connectivity index (χ0n) is 14.7. The average molecular weight is 451 g/mol. The number of anilines is 1. The van der Waals surface area contributed by atoms with Crippen LogP contribution in [0.5, 0.6) is 11.5 Å². The minimum absolute atomic E-state index is 0. The number of hydrogen-bond acceptors (Lipinski definition) is 5. The molecule has 0 aliphatic rings. The number of methoxy groups -OCH3 is 2. The van der Waals surface area contributed by atoms with Crippen LogP contribution in [0.15, 0.2) is 23.2 Å². The van der Waals surface area contributed by atoms with Crippen molar-refractivity contribution < 1.29 is 19.0 Å². The van der Waals surface area contributed by atoms with Crippen LogP contribution >= 0.6 is 24.0 Å². The van der Waals surface area contributed by atoms with E-state index in [2.05, 4.69) is 15.6 Å². The van der Waals surface area contributed by atoms with Crippen LogP contribution in [-0.4, -0.2) is 46.3 Å². The van der Waals surface area contributed by atoms with Crippen molar-refractivity contribution in [3.05, 3.63) is 18.2 Å². The Bertz CT molecular complexity index is 552. The first-order valence-corrected chi connectivity index (χ1v) is 7.42. The summed E-state index contributed by atoms with van der Waals surface area (Å²) >= 11 is 0. The van der Waals surface area contributed by atoms with Crippen molar-refractivity contribution in [1.82, 2.24) is 5.32 Å². The van der Waals surface area contributed by atoms with E-state index < -0.39 is 0 Å². The number of ether oxygens (including phenoxy) is 3. The smallest absolute Gasteiger partial charge is 0.310 e. The fraction of sp³-hybridized carbons (Fsp3) is 0.500. The first kappa shape index (κ1) is 22.3. The quantitative estimate of drug-likeness (QED) is 0.287. The summed E-state index contributed by atoms with van der Waals surface area (Å²) in [6.45, 7) is 4.66. The highest BCUT2D eigenvalue weighted by atomic mass is 127. The van der Waals surface area contributed by atoms with Crippen LogP contribution in [0.25, 0.3) is 0 Å². The molecule has 1 aromatic rings. The van der Waals surface area contributed by atoms with Gasteiger partial charge in [-0.2, -0.15) is 0 Å². The van der Waals surface area contributed by atoms with E-state index in [1.807, 2.05) is 25.1 Å². The van der Waals surface area contributed by atoms with Gasteiger partial charge in [-0.1, -0.05) is 6.92 Å². The number of carbonyl (C=O) groups is 1. The van der Waals surface area contributed by atoms with Crippen molar-refractivity contribution in [1.29, 1.82) is 0 Å². The third-order valence-electron chi connectivity index (χ3n) is 3.13. The van der Waals surface area contributed by atoms with Crippen molar-refractivity contribution in [3.8, 4) is 11.5 Å². The minimum atomic E-state index is -0.270. The molecule has 0 saturated heterocycles. The van der Waals surface area contributed by atoms with E-state index >= 15 is 0 Å². The van der Waals surface area contributed by atoms with E-state index in [1.54, 1.807) is 21.1 Å². The Labute approximate surface area is 160 Å². The number of hydrogen-bond donors (Lipinski definition) is 2. The lowest BCUT2D eigenvalue weighted by molar-refractivity contribution is -0.144. The molecule has 1 rings (SSSR count). The Morgan fingerprint density at radius 1 is 1.29 bits per heavy atom. The van der Waals surface area contributed by atoms with Gasteiger partial charge >= 0.3 is 5.97 Å². The second-order valence-corrected chi connectivity index (χ2v) is 4.80. The van der Waals surface area contributed by atoms with Gasteiger partial charge < -0.3 is 24.8 Å². The molecule has 0 fully saturated rings. The first-order chi connectivity index (χ1) is 11.0. The number of benzene rings is 1. The van der Waals surface area contributed by atoms with E-state index in [4.69, 9.17) is 14.2 Å². The van der Waals surface area contributed by atoms with Crippen LogP contribution in [0.1, 0.15) is 13.8 Å². The molecule has 0 aliphatic heterocycles. The zero-order valence-corrected chi connectivity index (χ0v) is 17.0. The number of nitrogens with zero attached hydrogens (tertiary/aromatic N) is 1. The molecule has 0 radical (unpaired) electrons. The maximum Gasteiger partial charge on any atom is 0.310 e. The van der Waals surface area contributed by atoms with E-state index in [-0.39, 0.29) is 35.9 Å². The third-order valence-corrected chi connectivity index (χ3v) is 3.13. The van der Waals surface area contributed by atoms with Gasteiger partial charge in [0.25, 0.3) is 0 Å². The van der Waals surface area contributed by atoms with Gasteiger partial charge in [-0.15, -0.1) is 24.0 Å². The van der Waals surface area contributed by atoms with Crippen LogP contribution in [-0.2, 0) is 9.53 Å². The molecule has 0 saturated carbocycles. The minimum Gasteiger partial charge on any atom is -0.493 e. The number of aliphatic imine (C=N–C) groups is 1. The maximum absolute atomic E-state index is 11.4. The summed E-state index contributed by atoms with van der Waals surface area (Å²) in [6, 6.07) is 5.51. The molecule has 8 heteroatoms.